The lowest BCUT2D eigenvalue weighted by Crippen LogP contribution is -2.45. The molecule has 1 aromatic rings. The first kappa shape index (κ1) is 13.2. The summed E-state index contributed by atoms with van der Waals surface area (Å²) in [6.07, 6.45) is 3.25. The topological polar surface area (TPSA) is 60.8 Å². The number of hydrogen-bond acceptors (Lipinski definition) is 3. The van der Waals surface area contributed by atoms with E-state index >= 15 is 0 Å². The van der Waals surface area contributed by atoms with Gasteiger partial charge in [0.25, 0.3) is 5.91 Å². The van der Waals surface area contributed by atoms with Crippen molar-refractivity contribution in [1.29, 1.82) is 0 Å². The maximum Gasteiger partial charge on any atom is 0.254 e. The Morgan fingerprint density at radius 1 is 1.33 bits per heavy atom. The van der Waals surface area contributed by atoms with Gasteiger partial charge >= 0.3 is 0 Å². The fourth-order valence-electron chi connectivity index (χ4n) is 2.06. The summed E-state index contributed by atoms with van der Waals surface area (Å²) in [5.74, 6) is -0.551. The second kappa shape index (κ2) is 5.61. The fraction of sp³-hybridized carbons (Fsp3) is 0.462. The number of hydrogen-bond donors (Lipinski definition) is 2. The van der Waals surface area contributed by atoms with Gasteiger partial charge < -0.3 is 15.1 Å². The van der Waals surface area contributed by atoms with Crippen LogP contribution < -0.4 is 0 Å². The quantitative estimate of drug-likeness (QED) is 0.663. The summed E-state index contributed by atoms with van der Waals surface area (Å²) in [5.41, 5.74) is 0.415. The van der Waals surface area contributed by atoms with Crippen LogP contribution in [0.1, 0.15) is 29.6 Å². The van der Waals surface area contributed by atoms with Crippen LogP contribution in [0.3, 0.4) is 0 Å². The normalized spacial score (nSPS) is 15.2. The lowest BCUT2D eigenvalue weighted by Gasteiger charge is -2.37. The fourth-order valence-corrected chi connectivity index (χ4v) is 2.44. The Bertz CT molecular complexity index is 446. The van der Waals surface area contributed by atoms with Gasteiger partial charge in [0.2, 0.25) is 0 Å². The molecule has 1 amide bonds. The van der Waals surface area contributed by atoms with E-state index in [-0.39, 0.29) is 17.4 Å². The first-order valence-corrected chi connectivity index (χ1v) is 7.14. The molecule has 5 heteroatoms. The van der Waals surface area contributed by atoms with Gasteiger partial charge in [0, 0.05) is 23.5 Å². The molecule has 2 rings (SSSR count). The van der Waals surface area contributed by atoms with Crippen molar-refractivity contribution < 1.29 is 15.0 Å². The van der Waals surface area contributed by atoms with E-state index < -0.39 is 0 Å². The van der Waals surface area contributed by atoms with Crippen molar-refractivity contribution in [1.82, 2.24) is 4.90 Å². The summed E-state index contributed by atoms with van der Waals surface area (Å²) in [7, 11) is 0. The summed E-state index contributed by atoms with van der Waals surface area (Å²) < 4.78 is 0. The molecule has 1 aliphatic rings. The molecule has 98 valence electrons. The van der Waals surface area contributed by atoms with E-state index in [0.29, 0.717) is 18.2 Å². The molecule has 0 bridgehead atoms. The minimum absolute atomic E-state index is 0.0885. The number of nitrogens with zero attached hydrogens (tertiary/aromatic N) is 1. The minimum Gasteiger partial charge on any atom is -0.504 e. The molecule has 0 atom stereocenters. The number of amides is 1. The third kappa shape index (κ3) is 2.61. The molecule has 1 fully saturated rings. The van der Waals surface area contributed by atoms with Crippen LogP contribution in [0.15, 0.2) is 18.2 Å². The molecule has 0 heterocycles. The summed E-state index contributed by atoms with van der Waals surface area (Å²) >= 11 is 3.36. The molecule has 1 saturated carbocycles. The van der Waals surface area contributed by atoms with E-state index in [2.05, 4.69) is 15.9 Å². The van der Waals surface area contributed by atoms with Crippen LogP contribution in [0.5, 0.6) is 11.5 Å². The highest BCUT2D eigenvalue weighted by molar-refractivity contribution is 9.09. The van der Waals surface area contributed by atoms with Gasteiger partial charge in [0.1, 0.15) is 0 Å². The predicted molar refractivity (Wildman–Crippen MR) is 72.2 cm³/mol. The Labute approximate surface area is 114 Å². The number of rotatable bonds is 4. The van der Waals surface area contributed by atoms with Crippen LogP contribution in [0, 0.1) is 0 Å². The van der Waals surface area contributed by atoms with Gasteiger partial charge in [-0.05, 0) is 37.5 Å². The number of carbonyl (C=O) groups is 1. The molecule has 0 saturated heterocycles. The van der Waals surface area contributed by atoms with Crippen molar-refractivity contribution in [3.63, 3.8) is 0 Å². The van der Waals surface area contributed by atoms with Gasteiger partial charge in [-0.2, -0.15) is 0 Å². The Hall–Kier alpha value is -1.23. The largest absolute Gasteiger partial charge is 0.504 e. The maximum absolute atomic E-state index is 12.3. The molecule has 4 nitrogen and oxygen atoms in total. The van der Waals surface area contributed by atoms with Crippen LogP contribution in [0.4, 0.5) is 0 Å². The monoisotopic (exact) mass is 313 g/mol. The van der Waals surface area contributed by atoms with Crippen molar-refractivity contribution >= 4 is 21.8 Å². The van der Waals surface area contributed by atoms with Gasteiger partial charge in [-0.25, -0.2) is 0 Å². The summed E-state index contributed by atoms with van der Waals surface area (Å²) in [6, 6.07) is 4.51. The molecular formula is C13H16BrNO3. The standard InChI is InChI=1S/C13H16BrNO3/c14-6-7-15(10-2-1-3-10)13(18)9-4-5-11(16)12(17)8-9/h4-5,8,10,16-17H,1-3,6-7H2. The Kier molecular flexibility index (Phi) is 4.11. The Morgan fingerprint density at radius 3 is 2.56 bits per heavy atom. The summed E-state index contributed by atoms with van der Waals surface area (Å²) in [4.78, 5) is 14.2. The van der Waals surface area contributed by atoms with E-state index in [1.165, 1.54) is 18.2 Å². The van der Waals surface area contributed by atoms with Crippen LogP contribution in [-0.2, 0) is 0 Å². The van der Waals surface area contributed by atoms with Crippen molar-refractivity contribution in [3.05, 3.63) is 23.8 Å². The zero-order chi connectivity index (χ0) is 13.1. The van der Waals surface area contributed by atoms with Gasteiger partial charge in [-0.15, -0.1) is 0 Å². The van der Waals surface area contributed by atoms with Crippen molar-refractivity contribution in [2.24, 2.45) is 0 Å². The van der Waals surface area contributed by atoms with Gasteiger partial charge in [-0.3, -0.25) is 4.79 Å². The zero-order valence-corrected chi connectivity index (χ0v) is 11.6. The van der Waals surface area contributed by atoms with Gasteiger partial charge in [0.05, 0.1) is 0 Å². The summed E-state index contributed by atoms with van der Waals surface area (Å²) in [6.45, 7) is 0.658. The molecule has 18 heavy (non-hydrogen) atoms. The number of phenols is 2. The zero-order valence-electron chi connectivity index (χ0n) is 9.97. The molecule has 1 aliphatic carbocycles. The molecule has 2 N–H and O–H groups in total. The summed E-state index contributed by atoms with van der Waals surface area (Å²) in [5, 5.41) is 19.4. The van der Waals surface area contributed by atoms with Crippen LogP contribution in [0.2, 0.25) is 0 Å². The molecule has 1 aromatic carbocycles. The van der Waals surface area contributed by atoms with Crippen molar-refractivity contribution in [2.75, 3.05) is 11.9 Å². The SMILES string of the molecule is O=C(c1ccc(O)c(O)c1)N(CCBr)C1CCC1. The third-order valence-corrected chi connectivity index (χ3v) is 3.68. The second-order valence-corrected chi connectivity index (χ2v) is 5.27. The first-order valence-electron chi connectivity index (χ1n) is 6.02. The molecule has 0 radical (unpaired) electrons. The first-order chi connectivity index (χ1) is 8.63. The molecule has 0 aliphatic heterocycles. The average molecular weight is 314 g/mol. The third-order valence-electron chi connectivity index (χ3n) is 3.32. The average Bonchev–Trinajstić information content (AvgIpc) is 2.29. The van der Waals surface area contributed by atoms with E-state index in [1.54, 1.807) is 0 Å². The van der Waals surface area contributed by atoms with E-state index in [1.807, 2.05) is 4.90 Å². The minimum atomic E-state index is -0.256. The number of halogens is 1. The lowest BCUT2D eigenvalue weighted by molar-refractivity contribution is 0.0599. The van der Waals surface area contributed by atoms with Gasteiger partial charge in [0.15, 0.2) is 11.5 Å². The smallest absolute Gasteiger partial charge is 0.254 e. The Morgan fingerprint density at radius 2 is 2.06 bits per heavy atom. The van der Waals surface area contributed by atoms with Crippen LogP contribution in [-0.4, -0.2) is 38.9 Å². The highest BCUT2D eigenvalue weighted by atomic mass is 79.9. The van der Waals surface area contributed by atoms with Crippen LogP contribution >= 0.6 is 15.9 Å². The second-order valence-electron chi connectivity index (χ2n) is 4.48. The number of alkyl halides is 1. The molecule has 0 aromatic heterocycles. The number of aromatic hydroxyl groups is 2. The Balaban J connectivity index is 2.18. The maximum atomic E-state index is 12.3. The van der Waals surface area contributed by atoms with E-state index in [0.717, 1.165) is 24.6 Å². The van der Waals surface area contributed by atoms with Crippen molar-refractivity contribution in [2.45, 2.75) is 25.3 Å². The highest BCUT2D eigenvalue weighted by Gasteiger charge is 2.29. The number of carbonyl (C=O) groups excluding carboxylic acids is 1. The lowest BCUT2D eigenvalue weighted by atomic mass is 9.91. The van der Waals surface area contributed by atoms with Crippen LogP contribution in [0.25, 0.3) is 0 Å². The molecule has 0 spiro atoms. The van der Waals surface area contributed by atoms with E-state index in [9.17, 15) is 15.0 Å². The highest BCUT2D eigenvalue weighted by Crippen LogP contribution is 2.29. The predicted octanol–water partition coefficient (Wildman–Crippen LogP) is 2.49. The van der Waals surface area contributed by atoms with E-state index in [4.69, 9.17) is 0 Å². The number of phenolic OH excluding ortho intramolecular Hbond substituents is 2. The molecule has 0 unspecified atom stereocenters. The number of benzene rings is 1. The van der Waals surface area contributed by atoms with Gasteiger partial charge in [-0.1, -0.05) is 15.9 Å². The van der Waals surface area contributed by atoms with Crippen molar-refractivity contribution in [3.8, 4) is 11.5 Å². The molecular weight excluding hydrogens is 298 g/mol.